The van der Waals surface area contributed by atoms with E-state index in [2.05, 4.69) is 5.10 Å². The van der Waals surface area contributed by atoms with Gasteiger partial charge < -0.3 is 0 Å². The molecule has 0 bridgehead atoms. The molecule has 1 heterocycles. The van der Waals surface area contributed by atoms with Gasteiger partial charge in [0, 0.05) is 11.8 Å². The summed E-state index contributed by atoms with van der Waals surface area (Å²) < 4.78 is 14.2. The molecule has 0 amide bonds. The molecule has 0 saturated carbocycles. The van der Waals surface area contributed by atoms with Crippen LogP contribution in [0.4, 0.5) is 4.39 Å². The Bertz CT molecular complexity index is 653. The van der Waals surface area contributed by atoms with Crippen LogP contribution in [0.5, 0.6) is 0 Å². The maximum absolute atomic E-state index is 12.8. The SMILES string of the molecule is Cc1cc(=O)c(C#N)nn1-c1ccc(F)cc1. The average molecular weight is 229 g/mol. The van der Waals surface area contributed by atoms with Gasteiger partial charge in [-0.15, -0.1) is 0 Å². The molecule has 0 radical (unpaired) electrons. The minimum absolute atomic E-state index is 0.181. The normalized spacial score (nSPS) is 9.94. The predicted molar refractivity (Wildman–Crippen MR) is 59.2 cm³/mol. The van der Waals surface area contributed by atoms with Crippen molar-refractivity contribution in [3.63, 3.8) is 0 Å². The zero-order chi connectivity index (χ0) is 12.4. The summed E-state index contributed by atoms with van der Waals surface area (Å²) in [6, 6.07) is 8.70. The molecule has 84 valence electrons. The number of aromatic nitrogens is 2. The Morgan fingerprint density at radius 2 is 2.00 bits per heavy atom. The van der Waals surface area contributed by atoms with Crippen molar-refractivity contribution >= 4 is 0 Å². The number of halogens is 1. The van der Waals surface area contributed by atoms with E-state index in [0.717, 1.165) is 0 Å². The molecule has 1 aromatic heterocycles. The van der Waals surface area contributed by atoms with Crippen LogP contribution in [0.3, 0.4) is 0 Å². The van der Waals surface area contributed by atoms with Crippen LogP contribution in [0.25, 0.3) is 5.69 Å². The molecular formula is C12H8FN3O. The largest absolute Gasteiger partial charge is 0.287 e. The Morgan fingerprint density at radius 3 is 2.59 bits per heavy atom. The zero-order valence-corrected chi connectivity index (χ0v) is 9.01. The smallest absolute Gasteiger partial charge is 0.218 e. The quantitative estimate of drug-likeness (QED) is 0.745. The van der Waals surface area contributed by atoms with E-state index >= 15 is 0 Å². The Kier molecular flexibility index (Phi) is 2.71. The summed E-state index contributed by atoms with van der Waals surface area (Å²) in [6.07, 6.45) is 0. The molecule has 5 heteroatoms. The van der Waals surface area contributed by atoms with E-state index in [-0.39, 0.29) is 11.5 Å². The van der Waals surface area contributed by atoms with Gasteiger partial charge in [0.15, 0.2) is 0 Å². The van der Waals surface area contributed by atoms with Crippen molar-refractivity contribution in [2.75, 3.05) is 0 Å². The summed E-state index contributed by atoms with van der Waals surface area (Å²) in [5, 5.41) is 12.6. The van der Waals surface area contributed by atoms with Crippen molar-refractivity contribution in [3.8, 4) is 11.8 Å². The minimum atomic E-state index is -0.414. The van der Waals surface area contributed by atoms with E-state index in [4.69, 9.17) is 5.26 Å². The van der Waals surface area contributed by atoms with Crippen LogP contribution in [-0.4, -0.2) is 9.78 Å². The maximum Gasteiger partial charge on any atom is 0.218 e. The van der Waals surface area contributed by atoms with Gasteiger partial charge in [0.2, 0.25) is 11.1 Å². The van der Waals surface area contributed by atoms with Crippen LogP contribution in [-0.2, 0) is 0 Å². The molecule has 17 heavy (non-hydrogen) atoms. The van der Waals surface area contributed by atoms with Crippen molar-refractivity contribution in [1.29, 1.82) is 5.26 Å². The standard InChI is InChI=1S/C12H8FN3O/c1-8-6-12(17)11(7-14)15-16(8)10-4-2-9(13)3-5-10/h2-6H,1H3. The first-order chi connectivity index (χ1) is 8.11. The molecular weight excluding hydrogens is 221 g/mol. The summed E-state index contributed by atoms with van der Waals surface area (Å²) in [6.45, 7) is 1.69. The summed E-state index contributed by atoms with van der Waals surface area (Å²) in [4.78, 5) is 11.4. The van der Waals surface area contributed by atoms with Crippen molar-refractivity contribution in [3.05, 3.63) is 57.8 Å². The Hall–Kier alpha value is -2.48. The highest BCUT2D eigenvalue weighted by atomic mass is 19.1. The van der Waals surface area contributed by atoms with Gasteiger partial charge in [0.1, 0.15) is 11.9 Å². The molecule has 0 atom stereocenters. The fourth-order valence-electron chi connectivity index (χ4n) is 1.47. The second-order valence-corrected chi connectivity index (χ2v) is 3.50. The van der Waals surface area contributed by atoms with Gasteiger partial charge in [0.25, 0.3) is 0 Å². The van der Waals surface area contributed by atoms with E-state index in [9.17, 15) is 9.18 Å². The van der Waals surface area contributed by atoms with E-state index in [1.165, 1.54) is 35.0 Å². The number of benzene rings is 1. The summed E-state index contributed by atoms with van der Waals surface area (Å²) in [5.74, 6) is -0.354. The third-order valence-electron chi connectivity index (χ3n) is 2.28. The minimum Gasteiger partial charge on any atom is -0.287 e. The maximum atomic E-state index is 12.8. The second-order valence-electron chi connectivity index (χ2n) is 3.50. The highest BCUT2D eigenvalue weighted by Crippen LogP contribution is 2.09. The Morgan fingerprint density at radius 1 is 1.35 bits per heavy atom. The Labute approximate surface area is 96.6 Å². The first-order valence-corrected chi connectivity index (χ1v) is 4.89. The number of nitrogens with zero attached hydrogens (tertiary/aromatic N) is 3. The molecule has 0 saturated heterocycles. The highest BCUT2D eigenvalue weighted by Gasteiger charge is 2.06. The summed E-state index contributed by atoms with van der Waals surface area (Å²) >= 11 is 0. The molecule has 4 nitrogen and oxygen atoms in total. The van der Waals surface area contributed by atoms with Gasteiger partial charge in [-0.05, 0) is 31.2 Å². The van der Waals surface area contributed by atoms with E-state index < -0.39 is 5.43 Å². The van der Waals surface area contributed by atoms with E-state index in [1.54, 1.807) is 13.0 Å². The zero-order valence-electron chi connectivity index (χ0n) is 9.01. The molecule has 0 unspecified atom stereocenters. The van der Waals surface area contributed by atoms with Crippen molar-refractivity contribution in [1.82, 2.24) is 9.78 Å². The van der Waals surface area contributed by atoms with Crippen LogP contribution in [0.1, 0.15) is 11.4 Å². The molecule has 2 rings (SSSR count). The van der Waals surface area contributed by atoms with Gasteiger partial charge in [-0.2, -0.15) is 10.4 Å². The third kappa shape index (κ3) is 2.06. The lowest BCUT2D eigenvalue weighted by Crippen LogP contribution is -2.16. The van der Waals surface area contributed by atoms with Gasteiger partial charge in [0.05, 0.1) is 5.69 Å². The third-order valence-corrected chi connectivity index (χ3v) is 2.28. The van der Waals surface area contributed by atoms with E-state index in [1.807, 2.05) is 0 Å². The van der Waals surface area contributed by atoms with Gasteiger partial charge in [-0.25, -0.2) is 9.07 Å². The molecule has 0 aliphatic heterocycles. The molecule has 0 N–H and O–H groups in total. The van der Waals surface area contributed by atoms with Crippen LogP contribution in [0.15, 0.2) is 35.1 Å². The van der Waals surface area contributed by atoms with Crippen LogP contribution in [0, 0.1) is 24.1 Å². The first-order valence-electron chi connectivity index (χ1n) is 4.89. The number of hydrogen-bond acceptors (Lipinski definition) is 3. The van der Waals surface area contributed by atoms with Crippen LogP contribution < -0.4 is 5.43 Å². The predicted octanol–water partition coefficient (Wildman–Crippen LogP) is 1.55. The lowest BCUT2D eigenvalue weighted by molar-refractivity contribution is 0.626. The fourth-order valence-corrected chi connectivity index (χ4v) is 1.47. The lowest BCUT2D eigenvalue weighted by atomic mass is 10.3. The highest BCUT2D eigenvalue weighted by molar-refractivity contribution is 5.34. The number of rotatable bonds is 1. The van der Waals surface area contributed by atoms with Crippen LogP contribution >= 0.6 is 0 Å². The van der Waals surface area contributed by atoms with Crippen molar-refractivity contribution in [2.45, 2.75) is 6.92 Å². The van der Waals surface area contributed by atoms with Gasteiger partial charge in [-0.1, -0.05) is 0 Å². The Balaban J connectivity index is 2.64. The number of hydrogen-bond donors (Lipinski definition) is 0. The topological polar surface area (TPSA) is 58.7 Å². The molecule has 0 aliphatic carbocycles. The van der Waals surface area contributed by atoms with Gasteiger partial charge in [-0.3, -0.25) is 4.79 Å². The average Bonchev–Trinajstić information content (AvgIpc) is 2.31. The summed E-state index contributed by atoms with van der Waals surface area (Å²) in [7, 11) is 0. The fraction of sp³-hybridized carbons (Fsp3) is 0.0833. The van der Waals surface area contributed by atoms with Gasteiger partial charge >= 0.3 is 0 Å². The molecule has 0 aliphatic rings. The number of aryl methyl sites for hydroxylation is 1. The molecule has 2 aromatic rings. The first kappa shape index (κ1) is 11.0. The van der Waals surface area contributed by atoms with Crippen molar-refractivity contribution < 1.29 is 4.39 Å². The summed E-state index contributed by atoms with van der Waals surface area (Å²) in [5.41, 5.74) is 0.587. The monoisotopic (exact) mass is 229 g/mol. The van der Waals surface area contributed by atoms with Crippen molar-refractivity contribution in [2.24, 2.45) is 0 Å². The van der Waals surface area contributed by atoms with E-state index in [0.29, 0.717) is 11.4 Å². The van der Waals surface area contributed by atoms with Crippen LogP contribution in [0.2, 0.25) is 0 Å². The lowest BCUT2D eigenvalue weighted by Gasteiger charge is -2.08. The number of nitriles is 1. The molecule has 0 spiro atoms. The second kappa shape index (κ2) is 4.18. The molecule has 0 fully saturated rings. The molecule has 1 aromatic carbocycles.